The average molecular weight is 254 g/mol. The van der Waals surface area contributed by atoms with Crippen LogP contribution in [0.5, 0.6) is 0 Å². The Morgan fingerprint density at radius 1 is 1.53 bits per heavy atom. The van der Waals surface area contributed by atoms with Gasteiger partial charge in [-0.2, -0.15) is 12.6 Å². The van der Waals surface area contributed by atoms with Crippen LogP contribution in [0.1, 0.15) is 17.4 Å². The fourth-order valence-electron chi connectivity index (χ4n) is 1.05. The molecule has 1 unspecified atom stereocenters. The molecule has 1 atom stereocenters. The molecule has 1 N–H and O–H groups in total. The summed E-state index contributed by atoms with van der Waals surface area (Å²) in [4.78, 5) is 26.8. The van der Waals surface area contributed by atoms with E-state index in [0.29, 0.717) is 11.6 Å². The van der Waals surface area contributed by atoms with E-state index in [1.165, 1.54) is 13.2 Å². The summed E-state index contributed by atoms with van der Waals surface area (Å²) < 4.78 is 4.54. The van der Waals surface area contributed by atoms with Crippen molar-refractivity contribution in [3.8, 4) is 0 Å². The molecule has 0 bridgehead atoms. The number of rotatable bonds is 4. The van der Waals surface area contributed by atoms with E-state index in [1.807, 2.05) is 0 Å². The molecule has 17 heavy (non-hydrogen) atoms. The minimum Gasteiger partial charge on any atom is -0.464 e. The SMILES string of the molecule is COC(=O)c1cccc(NC(=O)C(C)CS)n1. The van der Waals surface area contributed by atoms with Crippen LogP contribution >= 0.6 is 12.6 Å². The topological polar surface area (TPSA) is 68.3 Å². The summed E-state index contributed by atoms with van der Waals surface area (Å²) in [5.74, 6) is -0.172. The molecule has 0 saturated carbocycles. The highest BCUT2D eigenvalue weighted by molar-refractivity contribution is 7.80. The van der Waals surface area contributed by atoms with Gasteiger partial charge in [0.15, 0.2) is 5.69 Å². The quantitative estimate of drug-likeness (QED) is 0.629. The number of ether oxygens (including phenoxy) is 1. The maximum absolute atomic E-state index is 11.6. The van der Waals surface area contributed by atoms with E-state index in [-0.39, 0.29) is 17.5 Å². The minimum absolute atomic E-state index is 0.156. The predicted octanol–water partition coefficient (Wildman–Crippen LogP) is 1.37. The van der Waals surface area contributed by atoms with Crippen LogP contribution in [0.2, 0.25) is 0 Å². The Balaban J connectivity index is 2.79. The molecule has 1 aromatic rings. The van der Waals surface area contributed by atoms with Gasteiger partial charge in [-0.15, -0.1) is 0 Å². The van der Waals surface area contributed by atoms with Crippen molar-refractivity contribution < 1.29 is 14.3 Å². The molecular weight excluding hydrogens is 240 g/mol. The molecule has 1 aromatic heterocycles. The van der Waals surface area contributed by atoms with Gasteiger partial charge in [0.2, 0.25) is 5.91 Å². The highest BCUT2D eigenvalue weighted by atomic mass is 32.1. The Kier molecular flexibility index (Phi) is 4.96. The van der Waals surface area contributed by atoms with Gasteiger partial charge in [-0.3, -0.25) is 4.79 Å². The van der Waals surface area contributed by atoms with E-state index < -0.39 is 5.97 Å². The summed E-state index contributed by atoms with van der Waals surface area (Å²) in [5.41, 5.74) is 0.156. The lowest BCUT2D eigenvalue weighted by atomic mass is 10.2. The van der Waals surface area contributed by atoms with Gasteiger partial charge in [0.1, 0.15) is 5.82 Å². The molecule has 92 valence electrons. The van der Waals surface area contributed by atoms with Crippen molar-refractivity contribution in [2.45, 2.75) is 6.92 Å². The lowest BCUT2D eigenvalue weighted by Crippen LogP contribution is -2.22. The fourth-order valence-corrected chi connectivity index (χ4v) is 1.22. The third-order valence-corrected chi connectivity index (χ3v) is 2.66. The molecule has 0 fully saturated rings. The van der Waals surface area contributed by atoms with Crippen molar-refractivity contribution in [2.24, 2.45) is 5.92 Å². The van der Waals surface area contributed by atoms with Crippen LogP contribution in [0, 0.1) is 5.92 Å². The van der Waals surface area contributed by atoms with Crippen molar-refractivity contribution in [3.05, 3.63) is 23.9 Å². The van der Waals surface area contributed by atoms with Crippen LogP contribution in [0.4, 0.5) is 5.82 Å². The zero-order valence-electron chi connectivity index (χ0n) is 9.64. The monoisotopic (exact) mass is 254 g/mol. The summed E-state index contributed by atoms with van der Waals surface area (Å²) in [7, 11) is 1.28. The second kappa shape index (κ2) is 6.24. The second-order valence-corrected chi connectivity index (χ2v) is 3.84. The van der Waals surface area contributed by atoms with Crippen LogP contribution in [-0.2, 0) is 9.53 Å². The highest BCUT2D eigenvalue weighted by Gasteiger charge is 2.13. The van der Waals surface area contributed by atoms with Gasteiger partial charge in [-0.05, 0) is 12.1 Å². The largest absolute Gasteiger partial charge is 0.464 e. The molecule has 1 amide bonds. The number of hydrogen-bond donors (Lipinski definition) is 2. The van der Waals surface area contributed by atoms with Gasteiger partial charge in [0, 0.05) is 11.7 Å². The number of hydrogen-bond acceptors (Lipinski definition) is 5. The standard InChI is InChI=1S/C11H14N2O3S/c1-7(6-17)10(14)13-9-5-3-4-8(12-9)11(15)16-2/h3-5,7,17H,6H2,1-2H3,(H,12,13,14). The first-order chi connectivity index (χ1) is 8.08. The van der Waals surface area contributed by atoms with Crippen molar-refractivity contribution in [1.29, 1.82) is 0 Å². The summed E-state index contributed by atoms with van der Waals surface area (Å²) >= 11 is 4.03. The van der Waals surface area contributed by atoms with Crippen LogP contribution in [0.3, 0.4) is 0 Å². The Morgan fingerprint density at radius 3 is 2.82 bits per heavy atom. The molecule has 0 radical (unpaired) electrons. The first-order valence-electron chi connectivity index (χ1n) is 5.05. The number of methoxy groups -OCH3 is 1. The summed E-state index contributed by atoms with van der Waals surface area (Å²) in [5, 5.41) is 2.61. The Hall–Kier alpha value is -1.56. The molecule has 0 spiro atoms. The lowest BCUT2D eigenvalue weighted by molar-refractivity contribution is -0.118. The molecule has 0 aliphatic carbocycles. The lowest BCUT2D eigenvalue weighted by Gasteiger charge is -2.09. The number of amides is 1. The third-order valence-electron chi connectivity index (χ3n) is 2.12. The summed E-state index contributed by atoms with van der Waals surface area (Å²) in [6, 6.07) is 4.75. The molecule has 0 aromatic carbocycles. The van der Waals surface area contributed by atoms with E-state index in [2.05, 4.69) is 27.7 Å². The normalized spacial score (nSPS) is 11.7. The average Bonchev–Trinajstić information content (AvgIpc) is 2.37. The number of nitrogens with one attached hydrogen (secondary N) is 1. The van der Waals surface area contributed by atoms with Gasteiger partial charge >= 0.3 is 5.97 Å². The van der Waals surface area contributed by atoms with Gasteiger partial charge in [0.05, 0.1) is 7.11 Å². The van der Waals surface area contributed by atoms with Gasteiger partial charge in [0.25, 0.3) is 0 Å². The molecule has 1 heterocycles. The van der Waals surface area contributed by atoms with E-state index in [1.54, 1.807) is 19.1 Å². The molecule has 6 heteroatoms. The first kappa shape index (κ1) is 13.5. The number of pyridine rings is 1. The van der Waals surface area contributed by atoms with Crippen LogP contribution in [0.25, 0.3) is 0 Å². The van der Waals surface area contributed by atoms with Gasteiger partial charge in [-0.25, -0.2) is 9.78 Å². The Morgan fingerprint density at radius 2 is 2.24 bits per heavy atom. The van der Waals surface area contributed by atoms with E-state index in [0.717, 1.165) is 0 Å². The van der Waals surface area contributed by atoms with Crippen molar-refractivity contribution >= 4 is 30.3 Å². The summed E-state index contributed by atoms with van der Waals surface area (Å²) in [6.45, 7) is 1.76. The number of carbonyl (C=O) groups is 2. The number of anilines is 1. The van der Waals surface area contributed by atoms with E-state index in [9.17, 15) is 9.59 Å². The molecule has 5 nitrogen and oxygen atoms in total. The van der Waals surface area contributed by atoms with Crippen LogP contribution in [-0.4, -0.2) is 29.7 Å². The molecule has 0 aliphatic heterocycles. The Labute approximate surface area is 105 Å². The maximum atomic E-state index is 11.6. The van der Waals surface area contributed by atoms with Crippen molar-refractivity contribution in [1.82, 2.24) is 4.98 Å². The minimum atomic E-state index is -0.539. The zero-order chi connectivity index (χ0) is 12.8. The number of thiol groups is 1. The first-order valence-corrected chi connectivity index (χ1v) is 5.68. The number of nitrogens with zero attached hydrogens (tertiary/aromatic N) is 1. The molecule has 1 rings (SSSR count). The Bertz CT molecular complexity index is 423. The van der Waals surface area contributed by atoms with Gasteiger partial charge in [-0.1, -0.05) is 13.0 Å². The smallest absolute Gasteiger partial charge is 0.356 e. The maximum Gasteiger partial charge on any atom is 0.356 e. The van der Waals surface area contributed by atoms with E-state index >= 15 is 0 Å². The molecule has 0 aliphatic rings. The van der Waals surface area contributed by atoms with Crippen molar-refractivity contribution in [2.75, 3.05) is 18.2 Å². The molecule has 0 saturated heterocycles. The van der Waals surface area contributed by atoms with Crippen molar-refractivity contribution in [3.63, 3.8) is 0 Å². The van der Waals surface area contributed by atoms with Gasteiger partial charge < -0.3 is 10.1 Å². The second-order valence-electron chi connectivity index (χ2n) is 3.47. The van der Waals surface area contributed by atoms with E-state index in [4.69, 9.17) is 0 Å². The third kappa shape index (κ3) is 3.74. The predicted molar refractivity (Wildman–Crippen MR) is 67.2 cm³/mol. The number of aromatic nitrogens is 1. The zero-order valence-corrected chi connectivity index (χ0v) is 10.5. The molecular formula is C11H14N2O3S. The summed E-state index contributed by atoms with van der Waals surface area (Å²) in [6.07, 6.45) is 0. The van der Waals surface area contributed by atoms with Crippen LogP contribution < -0.4 is 5.32 Å². The number of carbonyl (C=O) groups excluding carboxylic acids is 2. The van der Waals surface area contributed by atoms with Crippen LogP contribution in [0.15, 0.2) is 18.2 Å². The highest BCUT2D eigenvalue weighted by Crippen LogP contribution is 2.08. The fraction of sp³-hybridized carbons (Fsp3) is 0.364. The number of esters is 1.